The molecule has 2 N–H and O–H groups in total. The Hall–Kier alpha value is -2.14. The van der Waals surface area contributed by atoms with Crippen LogP contribution in [0.5, 0.6) is 0 Å². The Morgan fingerprint density at radius 3 is 3.00 bits per heavy atom. The zero-order chi connectivity index (χ0) is 13.9. The first-order chi connectivity index (χ1) is 9.72. The van der Waals surface area contributed by atoms with E-state index in [9.17, 15) is 4.79 Å². The Morgan fingerprint density at radius 1 is 1.45 bits per heavy atom. The molecule has 2 aromatic rings. The van der Waals surface area contributed by atoms with Gasteiger partial charge >= 0.3 is 0 Å². The molecule has 0 spiro atoms. The third-order valence-electron chi connectivity index (χ3n) is 3.62. The van der Waals surface area contributed by atoms with Crippen molar-refractivity contribution in [3.05, 3.63) is 53.3 Å². The average Bonchev–Trinajstić information content (AvgIpc) is 2.90. The molecule has 3 rings (SSSR count). The Labute approximate surface area is 118 Å². The zero-order valence-electron chi connectivity index (χ0n) is 11.5. The van der Waals surface area contributed by atoms with Crippen LogP contribution in [0.25, 0.3) is 0 Å². The van der Waals surface area contributed by atoms with Crippen molar-refractivity contribution in [1.29, 1.82) is 0 Å². The second kappa shape index (κ2) is 5.46. The fourth-order valence-electron chi connectivity index (χ4n) is 2.52. The molecule has 1 aliphatic rings. The first-order valence-electron chi connectivity index (χ1n) is 6.78. The van der Waals surface area contributed by atoms with Crippen LogP contribution in [0.1, 0.15) is 16.7 Å². The van der Waals surface area contributed by atoms with Gasteiger partial charge in [-0.15, -0.1) is 0 Å². The number of benzene rings is 1. The summed E-state index contributed by atoms with van der Waals surface area (Å²) in [6.45, 7) is 1.27. The second-order valence-electron chi connectivity index (χ2n) is 5.15. The minimum Gasteiger partial charge on any atom is -0.351 e. The van der Waals surface area contributed by atoms with Crippen LogP contribution in [0.3, 0.4) is 0 Å². The number of hydrogen-bond donors (Lipinski definition) is 2. The van der Waals surface area contributed by atoms with Crippen molar-refractivity contribution in [1.82, 2.24) is 20.4 Å². The monoisotopic (exact) mass is 270 g/mol. The van der Waals surface area contributed by atoms with Crippen molar-refractivity contribution >= 4 is 5.91 Å². The summed E-state index contributed by atoms with van der Waals surface area (Å²) in [4.78, 5) is 12.2. The van der Waals surface area contributed by atoms with Gasteiger partial charge < -0.3 is 10.6 Å². The molecule has 0 saturated carbocycles. The van der Waals surface area contributed by atoms with Gasteiger partial charge in [0.1, 0.15) is 0 Å². The summed E-state index contributed by atoms with van der Waals surface area (Å²) in [6.07, 6.45) is 4.42. The van der Waals surface area contributed by atoms with Gasteiger partial charge in [-0.25, -0.2) is 0 Å². The minimum absolute atomic E-state index is 0.0448. The Morgan fingerprint density at radius 2 is 2.25 bits per heavy atom. The van der Waals surface area contributed by atoms with E-state index >= 15 is 0 Å². The standard InChI is InChI=1S/C15H18N4O/c1-19-10-11(8-18-19)7-17-15(20)14-6-12-4-2-3-5-13(12)9-16-14/h2-5,8,10,14,16H,6-7,9H2,1H3,(H,17,20). The molecule has 1 aromatic carbocycles. The fourth-order valence-corrected chi connectivity index (χ4v) is 2.52. The van der Waals surface area contributed by atoms with E-state index in [-0.39, 0.29) is 11.9 Å². The highest BCUT2D eigenvalue weighted by molar-refractivity contribution is 5.82. The van der Waals surface area contributed by atoms with Crippen LogP contribution in [-0.4, -0.2) is 21.7 Å². The van der Waals surface area contributed by atoms with Crippen LogP contribution in [0.4, 0.5) is 0 Å². The number of fused-ring (bicyclic) bond motifs is 1. The molecular weight excluding hydrogens is 252 g/mol. The molecule has 2 heterocycles. The molecule has 0 fully saturated rings. The first-order valence-corrected chi connectivity index (χ1v) is 6.78. The van der Waals surface area contributed by atoms with E-state index in [4.69, 9.17) is 0 Å². The highest BCUT2D eigenvalue weighted by atomic mass is 16.2. The molecule has 0 bridgehead atoms. The predicted octanol–water partition coefficient (Wildman–Crippen LogP) is 0.751. The maximum absolute atomic E-state index is 12.2. The highest BCUT2D eigenvalue weighted by Gasteiger charge is 2.23. The fraction of sp³-hybridized carbons (Fsp3) is 0.333. The van der Waals surface area contributed by atoms with E-state index in [0.717, 1.165) is 18.5 Å². The molecule has 0 radical (unpaired) electrons. The van der Waals surface area contributed by atoms with Gasteiger partial charge in [-0.2, -0.15) is 5.10 Å². The maximum Gasteiger partial charge on any atom is 0.237 e. The Bertz CT molecular complexity index is 620. The summed E-state index contributed by atoms with van der Waals surface area (Å²) < 4.78 is 1.73. The number of aryl methyl sites for hydroxylation is 1. The highest BCUT2D eigenvalue weighted by Crippen LogP contribution is 2.16. The zero-order valence-corrected chi connectivity index (χ0v) is 11.5. The van der Waals surface area contributed by atoms with E-state index in [1.54, 1.807) is 10.9 Å². The molecule has 1 atom stereocenters. The van der Waals surface area contributed by atoms with Gasteiger partial charge in [-0.05, 0) is 17.5 Å². The molecule has 1 aliphatic heterocycles. The Kier molecular flexibility index (Phi) is 3.52. The summed E-state index contributed by atoms with van der Waals surface area (Å²) in [5.41, 5.74) is 3.55. The second-order valence-corrected chi connectivity index (χ2v) is 5.15. The van der Waals surface area contributed by atoms with Crippen molar-refractivity contribution < 1.29 is 4.79 Å². The average molecular weight is 270 g/mol. The third-order valence-corrected chi connectivity index (χ3v) is 3.62. The Balaban J connectivity index is 1.59. The number of amides is 1. The summed E-state index contributed by atoms with van der Waals surface area (Å²) in [7, 11) is 1.87. The van der Waals surface area contributed by atoms with Gasteiger partial charge in [-0.3, -0.25) is 9.48 Å². The normalized spacial score (nSPS) is 17.6. The molecule has 1 unspecified atom stereocenters. The lowest BCUT2D eigenvalue weighted by molar-refractivity contribution is -0.123. The van der Waals surface area contributed by atoms with Gasteiger partial charge in [0.15, 0.2) is 0 Å². The molecule has 1 aromatic heterocycles. The lowest BCUT2D eigenvalue weighted by Crippen LogP contribution is -2.47. The SMILES string of the molecule is Cn1cc(CNC(=O)C2Cc3ccccc3CN2)cn1. The van der Waals surface area contributed by atoms with Crippen molar-refractivity contribution in [3.63, 3.8) is 0 Å². The van der Waals surface area contributed by atoms with Crippen LogP contribution < -0.4 is 10.6 Å². The lowest BCUT2D eigenvalue weighted by Gasteiger charge is -2.25. The van der Waals surface area contributed by atoms with Crippen LogP contribution in [0.15, 0.2) is 36.7 Å². The quantitative estimate of drug-likeness (QED) is 0.865. The number of hydrogen-bond acceptors (Lipinski definition) is 3. The number of aromatic nitrogens is 2. The van der Waals surface area contributed by atoms with Crippen LogP contribution in [-0.2, 0) is 31.4 Å². The lowest BCUT2D eigenvalue weighted by atomic mass is 9.95. The maximum atomic E-state index is 12.2. The molecule has 0 saturated heterocycles. The van der Waals surface area contributed by atoms with Crippen LogP contribution in [0.2, 0.25) is 0 Å². The molecule has 0 aliphatic carbocycles. The van der Waals surface area contributed by atoms with E-state index < -0.39 is 0 Å². The summed E-state index contributed by atoms with van der Waals surface area (Å²) in [5, 5.41) is 10.3. The molecule has 20 heavy (non-hydrogen) atoms. The smallest absolute Gasteiger partial charge is 0.237 e. The van der Waals surface area contributed by atoms with Crippen molar-refractivity contribution in [2.24, 2.45) is 7.05 Å². The van der Waals surface area contributed by atoms with Gasteiger partial charge in [0.2, 0.25) is 5.91 Å². The molecule has 104 valence electrons. The van der Waals surface area contributed by atoms with Crippen molar-refractivity contribution in [3.8, 4) is 0 Å². The largest absolute Gasteiger partial charge is 0.351 e. The number of rotatable bonds is 3. The van der Waals surface area contributed by atoms with Gasteiger partial charge in [-0.1, -0.05) is 24.3 Å². The minimum atomic E-state index is -0.151. The van der Waals surface area contributed by atoms with E-state index in [2.05, 4.69) is 27.9 Å². The molecular formula is C15H18N4O. The molecule has 1 amide bonds. The predicted molar refractivity (Wildman–Crippen MR) is 75.8 cm³/mol. The van der Waals surface area contributed by atoms with Gasteiger partial charge in [0.25, 0.3) is 0 Å². The summed E-state index contributed by atoms with van der Waals surface area (Å²) in [6, 6.07) is 8.10. The van der Waals surface area contributed by atoms with Crippen molar-refractivity contribution in [2.45, 2.75) is 25.6 Å². The first kappa shape index (κ1) is 12.9. The third kappa shape index (κ3) is 2.72. The summed E-state index contributed by atoms with van der Waals surface area (Å²) in [5.74, 6) is 0.0448. The van der Waals surface area contributed by atoms with E-state index in [1.807, 2.05) is 25.4 Å². The summed E-state index contributed by atoms with van der Waals surface area (Å²) >= 11 is 0. The molecule has 5 heteroatoms. The van der Waals surface area contributed by atoms with Crippen LogP contribution in [0, 0.1) is 0 Å². The van der Waals surface area contributed by atoms with Gasteiger partial charge in [0, 0.05) is 31.9 Å². The van der Waals surface area contributed by atoms with E-state index in [1.165, 1.54) is 11.1 Å². The number of carbonyl (C=O) groups excluding carboxylic acids is 1. The van der Waals surface area contributed by atoms with Gasteiger partial charge in [0.05, 0.1) is 12.2 Å². The number of carbonyl (C=O) groups is 1. The number of nitrogens with zero attached hydrogens (tertiary/aromatic N) is 2. The molecule has 5 nitrogen and oxygen atoms in total. The number of nitrogens with one attached hydrogen (secondary N) is 2. The topological polar surface area (TPSA) is 59.0 Å². The van der Waals surface area contributed by atoms with Crippen LogP contribution >= 0.6 is 0 Å². The van der Waals surface area contributed by atoms with Crippen molar-refractivity contribution in [2.75, 3.05) is 0 Å². The van der Waals surface area contributed by atoms with E-state index in [0.29, 0.717) is 6.54 Å².